The molecule has 20 heavy (non-hydrogen) atoms. The van der Waals surface area contributed by atoms with Gasteiger partial charge < -0.3 is 14.8 Å². The maximum atomic E-state index is 12.0. The fourth-order valence-corrected chi connectivity index (χ4v) is 1.63. The molecule has 0 aliphatic rings. The summed E-state index contributed by atoms with van der Waals surface area (Å²) in [7, 11) is 1.59. The summed E-state index contributed by atoms with van der Waals surface area (Å²) in [6.45, 7) is 2.90. The van der Waals surface area contributed by atoms with Gasteiger partial charge in [-0.2, -0.15) is 5.10 Å². The number of carbonyl (C=O) groups is 1. The Morgan fingerprint density at radius 3 is 2.75 bits per heavy atom. The number of nitrogens with zero attached hydrogens (tertiary/aromatic N) is 2. The summed E-state index contributed by atoms with van der Waals surface area (Å²) >= 11 is 0. The molecule has 0 aliphatic heterocycles. The molecule has 1 aromatic heterocycles. The van der Waals surface area contributed by atoms with Crippen LogP contribution >= 0.6 is 0 Å². The molecule has 0 saturated carbocycles. The number of hydrogen-bond donors (Lipinski definition) is 1. The third-order valence-electron chi connectivity index (χ3n) is 2.67. The lowest BCUT2D eigenvalue weighted by Gasteiger charge is -2.04. The highest BCUT2D eigenvalue weighted by Gasteiger charge is 2.07. The molecule has 0 fully saturated rings. The average Bonchev–Trinajstić information content (AvgIpc) is 2.92. The molecule has 0 atom stereocenters. The number of methoxy groups -OCH3 is 1. The van der Waals surface area contributed by atoms with Crippen molar-refractivity contribution in [2.45, 2.75) is 13.7 Å². The monoisotopic (exact) mass is 275 g/mol. The number of nitrogens with one attached hydrogen (secondary N) is 1. The topological polar surface area (TPSA) is 65.4 Å². The molecule has 1 N–H and O–H groups in total. The van der Waals surface area contributed by atoms with Gasteiger partial charge in [-0.3, -0.25) is 4.79 Å². The maximum Gasteiger partial charge on any atom is 0.255 e. The minimum Gasteiger partial charge on any atom is -0.497 e. The quantitative estimate of drug-likeness (QED) is 0.877. The Morgan fingerprint density at radius 2 is 2.10 bits per heavy atom. The minimum absolute atomic E-state index is 0.191. The van der Waals surface area contributed by atoms with E-state index in [4.69, 9.17) is 9.47 Å². The van der Waals surface area contributed by atoms with Gasteiger partial charge in [0.15, 0.2) is 0 Å². The van der Waals surface area contributed by atoms with E-state index in [0.717, 1.165) is 0 Å². The maximum absolute atomic E-state index is 12.0. The molecule has 0 unspecified atom stereocenters. The molecule has 1 amide bonds. The zero-order valence-electron chi connectivity index (χ0n) is 11.5. The fraction of sp³-hybridized carbons (Fsp3) is 0.286. The van der Waals surface area contributed by atoms with Crippen LogP contribution in [-0.4, -0.2) is 29.4 Å². The highest BCUT2D eigenvalue weighted by Crippen LogP contribution is 2.13. The number of benzene rings is 1. The number of hydrogen-bond acceptors (Lipinski definition) is 4. The van der Waals surface area contributed by atoms with Gasteiger partial charge in [0.2, 0.25) is 0 Å². The molecule has 1 heterocycles. The lowest BCUT2D eigenvalue weighted by atomic mass is 10.2. The van der Waals surface area contributed by atoms with Crippen molar-refractivity contribution in [2.75, 3.05) is 19.0 Å². The van der Waals surface area contributed by atoms with Crippen LogP contribution in [0.4, 0.5) is 5.69 Å². The van der Waals surface area contributed by atoms with Crippen LogP contribution < -0.4 is 10.1 Å². The second-order valence-corrected chi connectivity index (χ2v) is 4.07. The smallest absolute Gasteiger partial charge is 0.255 e. The van der Waals surface area contributed by atoms with Gasteiger partial charge in [-0.1, -0.05) is 0 Å². The zero-order valence-corrected chi connectivity index (χ0v) is 11.5. The van der Waals surface area contributed by atoms with Gasteiger partial charge in [0, 0.05) is 12.2 Å². The van der Waals surface area contributed by atoms with Gasteiger partial charge in [0.1, 0.15) is 12.5 Å². The molecule has 6 nitrogen and oxygen atoms in total. The van der Waals surface area contributed by atoms with Gasteiger partial charge in [0.05, 0.1) is 25.2 Å². The third-order valence-corrected chi connectivity index (χ3v) is 2.67. The largest absolute Gasteiger partial charge is 0.497 e. The van der Waals surface area contributed by atoms with E-state index < -0.39 is 0 Å². The van der Waals surface area contributed by atoms with E-state index in [2.05, 4.69) is 10.4 Å². The first-order valence-electron chi connectivity index (χ1n) is 6.28. The lowest BCUT2D eigenvalue weighted by Crippen LogP contribution is -2.11. The zero-order chi connectivity index (χ0) is 14.4. The molecule has 106 valence electrons. The van der Waals surface area contributed by atoms with Crippen molar-refractivity contribution in [2.24, 2.45) is 0 Å². The number of carbonyl (C=O) groups excluding carboxylic acids is 1. The number of amides is 1. The summed E-state index contributed by atoms with van der Waals surface area (Å²) in [6, 6.07) is 6.90. The lowest BCUT2D eigenvalue weighted by molar-refractivity contribution is 0.0792. The van der Waals surface area contributed by atoms with Crippen LogP contribution in [0.5, 0.6) is 5.75 Å². The normalized spacial score (nSPS) is 10.3. The Morgan fingerprint density at radius 1 is 1.35 bits per heavy atom. The fourth-order valence-electron chi connectivity index (χ4n) is 1.63. The van der Waals surface area contributed by atoms with Gasteiger partial charge in [-0.15, -0.1) is 0 Å². The van der Waals surface area contributed by atoms with Gasteiger partial charge in [0.25, 0.3) is 5.91 Å². The summed E-state index contributed by atoms with van der Waals surface area (Å²) in [4.78, 5) is 12.0. The molecule has 0 aliphatic carbocycles. The van der Waals surface area contributed by atoms with Gasteiger partial charge in [-0.05, 0) is 31.2 Å². The van der Waals surface area contributed by atoms with Crippen LogP contribution in [0, 0.1) is 0 Å². The SMILES string of the molecule is CCOCn1cc(NC(=O)c2ccc(OC)cc2)cn1. The molecule has 2 aromatic rings. The van der Waals surface area contributed by atoms with E-state index in [1.807, 2.05) is 6.92 Å². The van der Waals surface area contributed by atoms with Gasteiger partial charge in [-0.25, -0.2) is 4.68 Å². The van der Waals surface area contributed by atoms with Crippen LogP contribution in [0.25, 0.3) is 0 Å². The van der Waals surface area contributed by atoms with Crippen molar-refractivity contribution in [3.8, 4) is 5.75 Å². The van der Waals surface area contributed by atoms with E-state index in [0.29, 0.717) is 30.3 Å². The number of ether oxygens (including phenoxy) is 2. The summed E-state index contributed by atoms with van der Waals surface area (Å²) in [5.74, 6) is 0.523. The second kappa shape index (κ2) is 6.72. The highest BCUT2D eigenvalue weighted by molar-refractivity contribution is 6.04. The van der Waals surface area contributed by atoms with E-state index in [-0.39, 0.29) is 5.91 Å². The van der Waals surface area contributed by atoms with Crippen molar-refractivity contribution in [1.82, 2.24) is 9.78 Å². The summed E-state index contributed by atoms with van der Waals surface area (Å²) < 4.78 is 11.9. The van der Waals surface area contributed by atoms with E-state index in [9.17, 15) is 4.79 Å². The molecule has 0 bridgehead atoms. The minimum atomic E-state index is -0.191. The molecule has 0 radical (unpaired) electrons. The molecule has 2 rings (SSSR count). The Bertz CT molecular complexity index is 563. The Kier molecular flexibility index (Phi) is 4.73. The number of anilines is 1. The predicted octanol–water partition coefficient (Wildman–Crippen LogP) is 2.14. The van der Waals surface area contributed by atoms with Crippen LogP contribution in [0.3, 0.4) is 0 Å². The summed E-state index contributed by atoms with van der Waals surface area (Å²) in [5.41, 5.74) is 1.19. The molecule has 0 spiro atoms. The standard InChI is InChI=1S/C14H17N3O3/c1-3-20-10-17-9-12(8-15-17)16-14(18)11-4-6-13(19-2)7-5-11/h4-9H,3,10H2,1-2H3,(H,16,18). The molecule has 0 saturated heterocycles. The molecular formula is C14H17N3O3. The van der Waals surface area contributed by atoms with Crippen molar-refractivity contribution in [3.63, 3.8) is 0 Å². The summed E-state index contributed by atoms with van der Waals surface area (Å²) in [6.07, 6.45) is 3.30. The predicted molar refractivity (Wildman–Crippen MR) is 74.8 cm³/mol. The van der Waals surface area contributed by atoms with Crippen molar-refractivity contribution in [1.29, 1.82) is 0 Å². The number of rotatable bonds is 6. The molecule has 6 heteroatoms. The molecular weight excluding hydrogens is 258 g/mol. The first-order chi connectivity index (χ1) is 9.72. The van der Waals surface area contributed by atoms with Gasteiger partial charge >= 0.3 is 0 Å². The van der Waals surface area contributed by atoms with Crippen molar-refractivity contribution < 1.29 is 14.3 Å². The van der Waals surface area contributed by atoms with Crippen LogP contribution in [-0.2, 0) is 11.5 Å². The Hall–Kier alpha value is -2.34. The third kappa shape index (κ3) is 3.58. The Balaban J connectivity index is 1.97. The van der Waals surface area contributed by atoms with Crippen LogP contribution in [0.1, 0.15) is 17.3 Å². The highest BCUT2D eigenvalue weighted by atomic mass is 16.5. The van der Waals surface area contributed by atoms with Crippen molar-refractivity contribution >= 4 is 11.6 Å². The second-order valence-electron chi connectivity index (χ2n) is 4.07. The average molecular weight is 275 g/mol. The van der Waals surface area contributed by atoms with E-state index >= 15 is 0 Å². The van der Waals surface area contributed by atoms with Crippen molar-refractivity contribution in [3.05, 3.63) is 42.2 Å². The first kappa shape index (κ1) is 14.1. The Labute approximate surface area is 117 Å². The number of aromatic nitrogens is 2. The summed E-state index contributed by atoms with van der Waals surface area (Å²) in [5, 5.41) is 6.86. The first-order valence-corrected chi connectivity index (χ1v) is 6.28. The van der Waals surface area contributed by atoms with E-state index in [1.54, 1.807) is 48.5 Å². The van der Waals surface area contributed by atoms with Crippen LogP contribution in [0.2, 0.25) is 0 Å². The van der Waals surface area contributed by atoms with Crippen LogP contribution in [0.15, 0.2) is 36.7 Å². The molecule has 1 aromatic carbocycles. The van der Waals surface area contributed by atoms with E-state index in [1.165, 1.54) is 0 Å².